The highest BCUT2D eigenvalue weighted by atomic mass is 31.2. The Hall–Kier alpha value is 0.0600. The zero-order chi connectivity index (χ0) is 15.5. The van der Waals surface area contributed by atoms with Crippen LogP contribution < -0.4 is 0 Å². The Bertz CT molecular complexity index is 550. The zero-order valence-corrected chi connectivity index (χ0v) is 15.9. The van der Waals surface area contributed by atoms with Gasteiger partial charge >= 0.3 is 0 Å². The molecule has 0 amide bonds. The maximum absolute atomic E-state index is 13.6. The molecule has 21 heavy (non-hydrogen) atoms. The van der Waals surface area contributed by atoms with Crippen molar-refractivity contribution in [2.45, 2.75) is 44.7 Å². The van der Waals surface area contributed by atoms with Crippen LogP contribution in [0.3, 0.4) is 0 Å². The van der Waals surface area contributed by atoms with Crippen LogP contribution in [0, 0.1) is 5.92 Å². The van der Waals surface area contributed by atoms with E-state index in [1.54, 1.807) is 5.57 Å². The molecule has 118 valence electrons. The minimum Gasteiger partial charge on any atom is -0.302 e. The Morgan fingerprint density at radius 3 is 2.33 bits per heavy atom. The van der Waals surface area contributed by atoms with Crippen molar-refractivity contribution in [2.24, 2.45) is 5.92 Å². The average Bonchev–Trinajstić information content (AvgIpc) is 3.00. The van der Waals surface area contributed by atoms with Crippen LogP contribution in [0.2, 0.25) is 0 Å². The van der Waals surface area contributed by atoms with E-state index in [1.807, 2.05) is 18.8 Å². The van der Waals surface area contributed by atoms with Gasteiger partial charge in [-0.15, -0.1) is 0 Å². The van der Waals surface area contributed by atoms with Gasteiger partial charge in [0, 0.05) is 22.9 Å². The zero-order valence-electron chi connectivity index (χ0n) is 14.1. The Morgan fingerprint density at radius 1 is 1.19 bits per heavy atom. The van der Waals surface area contributed by atoms with E-state index in [1.165, 1.54) is 5.57 Å². The molecular formula is C16H28N2OP2. The fourth-order valence-corrected chi connectivity index (χ4v) is 12.8. The molecule has 6 atom stereocenters. The molecule has 3 nitrogen and oxygen atoms in total. The number of allylic oxidation sites excluding steroid dienone is 3. The lowest BCUT2D eigenvalue weighted by Gasteiger charge is -2.33. The predicted octanol–water partition coefficient (Wildman–Crippen LogP) is 4.18. The van der Waals surface area contributed by atoms with Crippen molar-refractivity contribution in [1.29, 1.82) is 0 Å². The first kappa shape index (κ1) is 15.9. The molecule has 3 aliphatic heterocycles. The highest BCUT2D eigenvalue weighted by Crippen LogP contribution is 2.79. The van der Waals surface area contributed by atoms with Gasteiger partial charge in [-0.3, -0.25) is 9.34 Å². The van der Waals surface area contributed by atoms with Gasteiger partial charge in [0.2, 0.25) is 0 Å². The van der Waals surface area contributed by atoms with Crippen molar-refractivity contribution in [2.75, 3.05) is 27.2 Å². The van der Waals surface area contributed by atoms with E-state index < -0.39 is 7.29 Å². The summed E-state index contributed by atoms with van der Waals surface area (Å²) in [5, 5.41) is 0. The maximum Gasteiger partial charge on any atom is 0.175 e. The van der Waals surface area contributed by atoms with Gasteiger partial charge < -0.3 is 4.57 Å². The highest BCUT2D eigenvalue weighted by molar-refractivity contribution is 7.68. The van der Waals surface area contributed by atoms with Crippen LogP contribution in [0.5, 0.6) is 0 Å². The van der Waals surface area contributed by atoms with Gasteiger partial charge in [0.05, 0.1) is 0 Å². The van der Waals surface area contributed by atoms with E-state index in [2.05, 4.69) is 44.3 Å². The third kappa shape index (κ3) is 2.01. The fourth-order valence-electron chi connectivity index (χ4n) is 4.67. The fraction of sp³-hybridized carbons (Fsp3) is 0.750. The second kappa shape index (κ2) is 5.31. The van der Waals surface area contributed by atoms with Gasteiger partial charge in [0.25, 0.3) is 0 Å². The van der Waals surface area contributed by atoms with Crippen LogP contribution >= 0.6 is 15.4 Å². The second-order valence-corrected chi connectivity index (χ2v) is 12.3. The molecule has 1 fully saturated rings. The monoisotopic (exact) mass is 326 g/mol. The van der Waals surface area contributed by atoms with E-state index in [-0.39, 0.29) is 8.07 Å². The molecule has 1 saturated heterocycles. The quantitative estimate of drug-likeness (QED) is 0.572. The number of rotatable bonds is 4. The first-order chi connectivity index (χ1) is 9.86. The average molecular weight is 326 g/mol. The maximum atomic E-state index is 13.6. The first-order valence-corrected chi connectivity index (χ1v) is 11.3. The van der Waals surface area contributed by atoms with Gasteiger partial charge in [-0.05, 0) is 54.9 Å². The molecule has 0 radical (unpaired) electrons. The lowest BCUT2D eigenvalue weighted by molar-refractivity contribution is 0.493. The van der Waals surface area contributed by atoms with Crippen LogP contribution in [0.4, 0.5) is 0 Å². The molecule has 5 heteroatoms. The summed E-state index contributed by atoms with van der Waals surface area (Å²) in [6.07, 6.45) is 2.47. The van der Waals surface area contributed by atoms with Crippen LogP contribution in [-0.2, 0) is 4.57 Å². The summed E-state index contributed by atoms with van der Waals surface area (Å²) in [5.41, 5.74) is 4.45. The Kier molecular flexibility index (Phi) is 4.03. The predicted molar refractivity (Wildman–Crippen MR) is 93.5 cm³/mol. The summed E-state index contributed by atoms with van der Waals surface area (Å²) < 4.78 is 18.3. The summed E-state index contributed by atoms with van der Waals surface area (Å²) in [4.78, 5) is 0. The molecule has 2 unspecified atom stereocenters. The molecule has 0 aromatic carbocycles. The largest absolute Gasteiger partial charge is 0.302 e. The second-order valence-electron chi connectivity index (χ2n) is 6.77. The van der Waals surface area contributed by atoms with E-state index in [0.29, 0.717) is 22.9 Å². The van der Waals surface area contributed by atoms with E-state index in [0.717, 1.165) is 13.1 Å². The lowest BCUT2D eigenvalue weighted by Crippen LogP contribution is -2.31. The van der Waals surface area contributed by atoms with Gasteiger partial charge in [-0.25, -0.2) is 0 Å². The van der Waals surface area contributed by atoms with Crippen LogP contribution in [-0.4, -0.2) is 53.5 Å². The van der Waals surface area contributed by atoms with E-state index >= 15 is 0 Å². The molecule has 3 aliphatic rings. The molecule has 0 aromatic heterocycles. The van der Waals surface area contributed by atoms with Gasteiger partial charge in [0.1, 0.15) is 0 Å². The topological polar surface area (TPSA) is 23.6 Å². The number of hydrogen-bond donors (Lipinski definition) is 0. The van der Waals surface area contributed by atoms with E-state index in [9.17, 15) is 4.57 Å². The third-order valence-corrected chi connectivity index (χ3v) is 12.9. The molecule has 0 aromatic rings. The summed E-state index contributed by atoms with van der Waals surface area (Å²) in [7, 11) is 1.44. The molecule has 0 N–H and O–H groups in total. The Morgan fingerprint density at radius 2 is 1.81 bits per heavy atom. The minimum atomic E-state index is -2.35. The van der Waals surface area contributed by atoms with Gasteiger partial charge in [-0.1, -0.05) is 31.1 Å². The molecule has 3 rings (SSSR count). The smallest absolute Gasteiger partial charge is 0.175 e. The van der Waals surface area contributed by atoms with Crippen LogP contribution in [0.15, 0.2) is 23.0 Å². The molecule has 0 saturated carbocycles. The first-order valence-electron chi connectivity index (χ1n) is 8.04. The SMILES string of the molecule is CCN(CC)P1[C@@H]2C(C)=C[C@H]1[C@@H]1[C@H]2C(C)=CP1(=O)N(C)C. The van der Waals surface area contributed by atoms with Gasteiger partial charge in [-0.2, -0.15) is 0 Å². The normalized spacial score (nSPS) is 44.5. The molecule has 2 bridgehead atoms. The summed E-state index contributed by atoms with van der Waals surface area (Å²) in [6.45, 7) is 11.3. The lowest BCUT2D eigenvalue weighted by atomic mass is 9.85. The summed E-state index contributed by atoms with van der Waals surface area (Å²) >= 11 is 0. The molecule has 0 aliphatic carbocycles. The summed E-state index contributed by atoms with van der Waals surface area (Å²) in [6, 6.07) is 0. The van der Waals surface area contributed by atoms with Crippen LogP contribution in [0.1, 0.15) is 27.7 Å². The van der Waals surface area contributed by atoms with Crippen molar-refractivity contribution in [1.82, 2.24) is 9.34 Å². The minimum absolute atomic E-state index is 0.201. The Balaban J connectivity index is 2.06. The van der Waals surface area contributed by atoms with Gasteiger partial charge in [0.15, 0.2) is 7.29 Å². The van der Waals surface area contributed by atoms with Crippen molar-refractivity contribution >= 4 is 15.4 Å². The number of fused-ring (bicyclic) bond motifs is 5. The van der Waals surface area contributed by atoms with Crippen LogP contribution in [0.25, 0.3) is 0 Å². The third-order valence-electron chi connectivity index (χ3n) is 5.57. The molecule has 3 heterocycles. The van der Waals surface area contributed by atoms with Crippen molar-refractivity contribution in [3.63, 3.8) is 0 Å². The van der Waals surface area contributed by atoms with E-state index in [4.69, 9.17) is 0 Å². The van der Waals surface area contributed by atoms with Crippen molar-refractivity contribution < 1.29 is 4.57 Å². The van der Waals surface area contributed by atoms with Crippen molar-refractivity contribution in [3.05, 3.63) is 23.0 Å². The standard InChI is InChI=1S/C16H28N2OP2/c1-7-18(8-2)20-13-9-11(3)15(20)14-12(4)10-21(19,16(13)14)17(5)6/h9-10,13-16H,7-8H2,1-6H3/t13-,14-,15+,16+,20?,21?/m0/s1. The number of nitrogens with zero attached hydrogens (tertiary/aromatic N) is 2. The Labute approximate surface area is 130 Å². The van der Waals surface area contributed by atoms with Crippen molar-refractivity contribution in [3.8, 4) is 0 Å². The summed E-state index contributed by atoms with van der Waals surface area (Å²) in [5.74, 6) is 2.66. The molecular weight excluding hydrogens is 298 g/mol. The highest BCUT2D eigenvalue weighted by Gasteiger charge is 2.63. The molecule has 0 spiro atoms. The number of hydrogen-bond acceptors (Lipinski definition) is 2.